The van der Waals surface area contributed by atoms with Gasteiger partial charge in [0, 0.05) is 11.5 Å². The third-order valence-corrected chi connectivity index (χ3v) is 4.08. The molecular weight excluding hydrogens is 282 g/mol. The van der Waals surface area contributed by atoms with Crippen molar-refractivity contribution < 1.29 is 14.4 Å². The molecule has 114 valence electrons. The third-order valence-electron chi connectivity index (χ3n) is 4.08. The number of allylic oxidation sites excluding steroid dienone is 2. The first-order valence-electron chi connectivity index (χ1n) is 7.16. The van der Waals surface area contributed by atoms with Crippen molar-refractivity contribution in [2.45, 2.75) is 26.7 Å². The summed E-state index contributed by atoms with van der Waals surface area (Å²) in [4.78, 5) is 24.6. The summed E-state index contributed by atoms with van der Waals surface area (Å²) < 4.78 is 6.21. The molecule has 1 heterocycles. The van der Waals surface area contributed by atoms with Crippen molar-refractivity contribution in [1.82, 2.24) is 4.74 Å². The number of ketones is 1. The fourth-order valence-corrected chi connectivity index (χ4v) is 2.55. The van der Waals surface area contributed by atoms with Crippen LogP contribution in [-0.4, -0.2) is 15.6 Å². The van der Waals surface area contributed by atoms with Gasteiger partial charge in [-0.15, -0.1) is 4.74 Å². The Morgan fingerprint density at radius 2 is 1.86 bits per heavy atom. The lowest BCUT2D eigenvalue weighted by atomic mass is 9.79. The van der Waals surface area contributed by atoms with E-state index < -0.39 is 16.9 Å². The van der Waals surface area contributed by atoms with Crippen molar-refractivity contribution >= 4 is 11.5 Å². The van der Waals surface area contributed by atoms with E-state index in [2.05, 4.69) is 0 Å². The van der Waals surface area contributed by atoms with Gasteiger partial charge < -0.3 is 9.63 Å². The Hall–Kier alpha value is -2.56. The van der Waals surface area contributed by atoms with Gasteiger partial charge in [-0.05, 0) is 18.4 Å². The number of carbonyl (C=O) groups is 1. The predicted octanol–water partition coefficient (Wildman–Crippen LogP) is 3.04. The maximum Gasteiger partial charge on any atom is 0.318 e. The molecule has 1 aliphatic rings. The van der Waals surface area contributed by atoms with Gasteiger partial charge in [0.05, 0.1) is 5.70 Å². The van der Waals surface area contributed by atoms with Crippen LogP contribution in [0.5, 0.6) is 5.95 Å². The van der Waals surface area contributed by atoms with Gasteiger partial charge in [-0.1, -0.05) is 44.2 Å². The minimum absolute atomic E-state index is 0.0437. The Morgan fingerprint density at radius 1 is 1.18 bits per heavy atom. The Morgan fingerprint density at radius 3 is 2.50 bits per heavy atom. The smallest absolute Gasteiger partial charge is 0.318 e. The molecule has 0 saturated heterocycles. The van der Waals surface area contributed by atoms with E-state index in [9.17, 15) is 14.7 Å². The first kappa shape index (κ1) is 14.4. The zero-order valence-electron chi connectivity index (χ0n) is 12.5. The van der Waals surface area contributed by atoms with Crippen molar-refractivity contribution in [3.63, 3.8) is 0 Å². The van der Waals surface area contributed by atoms with E-state index in [1.54, 1.807) is 24.3 Å². The maximum absolute atomic E-state index is 12.5. The lowest BCUT2D eigenvalue weighted by Crippen LogP contribution is -2.28. The second-order valence-electron chi connectivity index (χ2n) is 6.12. The molecule has 1 aromatic carbocycles. The van der Waals surface area contributed by atoms with Crippen LogP contribution in [0.1, 0.15) is 26.7 Å². The van der Waals surface area contributed by atoms with Crippen LogP contribution in [0.15, 0.2) is 45.7 Å². The number of carbonyl (C=O) groups excluding carboxylic acids is 1. The molecule has 0 bridgehead atoms. The molecular formula is C17H17NO4. The van der Waals surface area contributed by atoms with Crippen molar-refractivity contribution in [2.75, 3.05) is 0 Å². The highest BCUT2D eigenvalue weighted by Crippen LogP contribution is 2.34. The van der Waals surface area contributed by atoms with Crippen molar-refractivity contribution in [1.29, 1.82) is 0 Å². The van der Waals surface area contributed by atoms with Gasteiger partial charge in [-0.25, -0.2) is 0 Å². The SMILES string of the molecule is CC1(C)CCC(n2oc(O)c(-c3ccccc3)c2=O)=CC1=O. The molecule has 22 heavy (non-hydrogen) atoms. The number of benzene rings is 1. The fourth-order valence-electron chi connectivity index (χ4n) is 2.55. The van der Waals surface area contributed by atoms with Gasteiger partial charge in [0.15, 0.2) is 5.78 Å². The second kappa shape index (κ2) is 5.02. The molecule has 2 aromatic rings. The summed E-state index contributed by atoms with van der Waals surface area (Å²) in [6.45, 7) is 3.75. The third kappa shape index (κ3) is 2.28. The summed E-state index contributed by atoms with van der Waals surface area (Å²) in [7, 11) is 0. The Labute approximate surface area is 127 Å². The molecule has 0 amide bonds. The first-order chi connectivity index (χ1) is 10.4. The molecule has 1 N–H and O–H groups in total. The summed E-state index contributed by atoms with van der Waals surface area (Å²) in [5, 5.41) is 9.97. The lowest BCUT2D eigenvalue weighted by Gasteiger charge is -2.26. The van der Waals surface area contributed by atoms with Crippen LogP contribution in [0.3, 0.4) is 0 Å². The number of rotatable bonds is 2. The molecule has 0 radical (unpaired) electrons. The van der Waals surface area contributed by atoms with Crippen LogP contribution in [0.2, 0.25) is 0 Å². The minimum atomic E-state index is -0.456. The van der Waals surface area contributed by atoms with Crippen LogP contribution >= 0.6 is 0 Å². The molecule has 0 spiro atoms. The standard InChI is InChI=1S/C17H17NO4/c1-17(2)9-8-12(10-13(17)19)18-15(20)14(16(21)22-18)11-6-4-3-5-7-11/h3-7,10,21H,8-9H2,1-2H3. The molecule has 0 fully saturated rings. The second-order valence-corrected chi connectivity index (χ2v) is 6.12. The highest BCUT2D eigenvalue weighted by molar-refractivity contribution is 5.99. The number of hydrogen-bond donors (Lipinski definition) is 1. The maximum atomic E-state index is 12.5. The van der Waals surface area contributed by atoms with Crippen LogP contribution < -0.4 is 5.56 Å². The predicted molar refractivity (Wildman–Crippen MR) is 82.4 cm³/mol. The quantitative estimate of drug-likeness (QED) is 0.925. The Balaban J connectivity index is 2.09. The number of aromatic hydroxyl groups is 1. The molecule has 1 aliphatic carbocycles. The molecule has 5 nitrogen and oxygen atoms in total. The van der Waals surface area contributed by atoms with Crippen LogP contribution in [0.4, 0.5) is 0 Å². The molecule has 5 heteroatoms. The van der Waals surface area contributed by atoms with Crippen LogP contribution in [0, 0.1) is 5.41 Å². The van der Waals surface area contributed by atoms with E-state index in [0.29, 0.717) is 24.1 Å². The zero-order valence-corrected chi connectivity index (χ0v) is 12.5. The average Bonchev–Trinajstić information content (AvgIpc) is 2.78. The number of hydrogen-bond acceptors (Lipinski definition) is 4. The fraction of sp³-hybridized carbons (Fsp3) is 0.294. The highest BCUT2D eigenvalue weighted by atomic mass is 16.6. The summed E-state index contributed by atoms with van der Waals surface area (Å²) in [5.74, 6) is -0.479. The van der Waals surface area contributed by atoms with Crippen LogP contribution in [0.25, 0.3) is 16.8 Å². The van der Waals surface area contributed by atoms with Gasteiger partial charge in [-0.3, -0.25) is 9.59 Å². The van der Waals surface area contributed by atoms with E-state index in [1.165, 1.54) is 6.08 Å². The van der Waals surface area contributed by atoms with Crippen LogP contribution in [-0.2, 0) is 4.79 Å². The highest BCUT2D eigenvalue weighted by Gasteiger charge is 2.32. The van der Waals surface area contributed by atoms with Gasteiger partial charge in [0.1, 0.15) is 5.56 Å². The van der Waals surface area contributed by atoms with Gasteiger partial charge >= 0.3 is 5.95 Å². The van der Waals surface area contributed by atoms with Gasteiger partial charge in [0.2, 0.25) is 0 Å². The van der Waals surface area contributed by atoms with E-state index in [-0.39, 0.29) is 11.3 Å². The van der Waals surface area contributed by atoms with Crippen molar-refractivity contribution in [3.05, 3.63) is 46.8 Å². The molecule has 3 rings (SSSR count). The topological polar surface area (TPSA) is 72.4 Å². The monoisotopic (exact) mass is 299 g/mol. The Bertz CT molecular complexity index is 809. The number of nitrogens with zero attached hydrogens (tertiary/aromatic N) is 1. The summed E-state index contributed by atoms with van der Waals surface area (Å²) in [6.07, 6.45) is 2.61. The molecule has 0 atom stereocenters. The van der Waals surface area contributed by atoms with E-state index in [4.69, 9.17) is 4.52 Å². The zero-order chi connectivity index (χ0) is 15.9. The summed E-state index contributed by atoms with van der Waals surface area (Å²) in [5.41, 5.74) is 0.285. The van der Waals surface area contributed by atoms with Gasteiger partial charge in [-0.2, -0.15) is 0 Å². The minimum Gasteiger partial charge on any atom is -0.479 e. The normalized spacial score (nSPS) is 17.4. The first-order valence-corrected chi connectivity index (χ1v) is 7.16. The summed E-state index contributed by atoms with van der Waals surface area (Å²) in [6, 6.07) is 8.82. The van der Waals surface area contributed by atoms with E-state index in [0.717, 1.165) is 4.74 Å². The molecule has 0 unspecified atom stereocenters. The largest absolute Gasteiger partial charge is 0.479 e. The lowest BCUT2D eigenvalue weighted by molar-refractivity contribution is -0.122. The number of aromatic nitrogens is 1. The molecule has 0 saturated carbocycles. The van der Waals surface area contributed by atoms with Crippen molar-refractivity contribution in [2.24, 2.45) is 5.41 Å². The molecule has 1 aromatic heterocycles. The van der Waals surface area contributed by atoms with E-state index in [1.807, 2.05) is 19.9 Å². The molecule has 0 aliphatic heterocycles. The summed E-state index contributed by atoms with van der Waals surface area (Å²) >= 11 is 0. The average molecular weight is 299 g/mol. The van der Waals surface area contributed by atoms with Crippen molar-refractivity contribution in [3.8, 4) is 17.1 Å². The Kier molecular flexibility index (Phi) is 3.28. The van der Waals surface area contributed by atoms with Gasteiger partial charge in [0.25, 0.3) is 5.56 Å². The van der Waals surface area contributed by atoms with E-state index >= 15 is 0 Å².